The van der Waals surface area contributed by atoms with E-state index in [0.717, 1.165) is 18.4 Å². The number of imidazole rings is 1. The molecule has 0 aliphatic heterocycles. The van der Waals surface area contributed by atoms with E-state index in [-0.39, 0.29) is 18.7 Å². The van der Waals surface area contributed by atoms with Crippen LogP contribution in [0.15, 0.2) is 36.9 Å². The average molecular weight is 381 g/mol. The quantitative estimate of drug-likeness (QED) is 0.706. The lowest BCUT2D eigenvalue weighted by atomic mass is 10.1. The van der Waals surface area contributed by atoms with Crippen molar-refractivity contribution in [3.05, 3.63) is 48.6 Å². The minimum atomic E-state index is -3.33. The van der Waals surface area contributed by atoms with Gasteiger partial charge in [0.1, 0.15) is 11.6 Å². The molecule has 0 fully saturated rings. The van der Waals surface area contributed by atoms with Crippen LogP contribution in [0.25, 0.3) is 22.5 Å². The fourth-order valence-corrected chi connectivity index (χ4v) is 3.09. The van der Waals surface area contributed by atoms with Crippen molar-refractivity contribution in [1.29, 1.82) is 0 Å². The van der Waals surface area contributed by atoms with E-state index >= 15 is 0 Å². The summed E-state index contributed by atoms with van der Waals surface area (Å²) >= 11 is 0. The molecule has 0 bridgehead atoms. The van der Waals surface area contributed by atoms with Crippen LogP contribution in [0, 0.1) is 11.6 Å². The Labute approximate surface area is 149 Å². The number of hydrogen-bond donors (Lipinski definition) is 1. The summed E-state index contributed by atoms with van der Waals surface area (Å²) in [6.45, 7) is 0.431. The molecule has 138 valence electrons. The molecule has 3 rings (SSSR count). The molecule has 0 amide bonds. The first kappa shape index (κ1) is 18.2. The van der Waals surface area contributed by atoms with Gasteiger partial charge in [0.25, 0.3) is 0 Å². The molecule has 10 heteroatoms. The van der Waals surface area contributed by atoms with Crippen molar-refractivity contribution in [2.75, 3.05) is 12.8 Å². The Morgan fingerprint density at radius 2 is 2.04 bits per heavy atom. The van der Waals surface area contributed by atoms with E-state index in [2.05, 4.69) is 14.8 Å². The van der Waals surface area contributed by atoms with Gasteiger partial charge in [-0.1, -0.05) is 0 Å². The number of aryl methyl sites for hydroxylation is 1. The van der Waals surface area contributed by atoms with Crippen LogP contribution < -0.4 is 4.72 Å². The summed E-state index contributed by atoms with van der Waals surface area (Å²) in [6, 6.07) is 3.29. The number of rotatable bonds is 6. The standard InChI is InChI=1S/C16H17F2N5O2S/c1-22-9-11(8-20-22)16-15(13-4-3-12(17)7-14(13)18)19-10-23(16)6-5-21-26(2,24)25/h3-4,7-10,21H,5-6H2,1-2H3. The Balaban J connectivity index is 2.05. The van der Waals surface area contributed by atoms with E-state index in [4.69, 9.17) is 0 Å². The SMILES string of the molecule is Cn1cc(-c2c(-c3ccc(F)cc3F)ncn2CCNS(C)(=O)=O)cn1. The summed E-state index contributed by atoms with van der Waals surface area (Å²) < 4.78 is 55.7. The van der Waals surface area contributed by atoms with Crippen LogP contribution in [0.1, 0.15) is 0 Å². The lowest BCUT2D eigenvalue weighted by Crippen LogP contribution is -2.26. The second-order valence-corrected chi connectivity index (χ2v) is 7.66. The van der Waals surface area contributed by atoms with E-state index in [0.29, 0.717) is 17.0 Å². The first-order valence-electron chi connectivity index (χ1n) is 7.69. The summed E-state index contributed by atoms with van der Waals surface area (Å²) in [4.78, 5) is 4.26. The Hall–Kier alpha value is -2.59. The van der Waals surface area contributed by atoms with Crippen molar-refractivity contribution >= 4 is 10.0 Å². The third kappa shape index (κ3) is 3.97. The number of halogens is 2. The second-order valence-electron chi connectivity index (χ2n) is 5.83. The maximum absolute atomic E-state index is 14.3. The van der Waals surface area contributed by atoms with Crippen molar-refractivity contribution in [2.24, 2.45) is 7.05 Å². The number of sulfonamides is 1. The zero-order valence-electron chi connectivity index (χ0n) is 14.1. The molecule has 26 heavy (non-hydrogen) atoms. The van der Waals surface area contributed by atoms with Gasteiger partial charge < -0.3 is 4.57 Å². The number of nitrogens with zero attached hydrogens (tertiary/aromatic N) is 4. The number of benzene rings is 1. The lowest BCUT2D eigenvalue weighted by molar-refractivity contribution is 0.579. The maximum Gasteiger partial charge on any atom is 0.208 e. The van der Waals surface area contributed by atoms with Gasteiger partial charge in [-0.05, 0) is 12.1 Å². The largest absolute Gasteiger partial charge is 0.329 e. The number of hydrogen-bond acceptors (Lipinski definition) is 4. The first-order valence-corrected chi connectivity index (χ1v) is 9.58. The van der Waals surface area contributed by atoms with Crippen LogP contribution in [0.4, 0.5) is 8.78 Å². The van der Waals surface area contributed by atoms with Crippen molar-refractivity contribution in [3.8, 4) is 22.5 Å². The molecule has 2 aromatic heterocycles. The molecule has 7 nitrogen and oxygen atoms in total. The zero-order valence-corrected chi connectivity index (χ0v) is 15.0. The lowest BCUT2D eigenvalue weighted by Gasteiger charge is -2.10. The predicted octanol–water partition coefficient (Wildman–Crippen LogP) is 1.78. The summed E-state index contributed by atoms with van der Waals surface area (Å²) in [5, 5.41) is 4.11. The Morgan fingerprint density at radius 3 is 2.65 bits per heavy atom. The smallest absolute Gasteiger partial charge is 0.208 e. The highest BCUT2D eigenvalue weighted by Crippen LogP contribution is 2.32. The number of nitrogens with one attached hydrogen (secondary N) is 1. The Bertz CT molecular complexity index is 1040. The molecular weight excluding hydrogens is 364 g/mol. The van der Waals surface area contributed by atoms with Gasteiger partial charge in [-0.15, -0.1) is 0 Å². The molecule has 2 heterocycles. The normalized spacial score (nSPS) is 11.8. The maximum atomic E-state index is 14.3. The molecule has 0 atom stereocenters. The second kappa shape index (κ2) is 6.96. The molecule has 1 aromatic carbocycles. The average Bonchev–Trinajstić information content (AvgIpc) is 3.12. The first-order chi connectivity index (χ1) is 12.2. The highest BCUT2D eigenvalue weighted by atomic mass is 32.2. The van der Waals surface area contributed by atoms with Gasteiger partial charge >= 0.3 is 0 Å². The number of aromatic nitrogens is 4. The van der Waals surface area contributed by atoms with Gasteiger partial charge in [-0.2, -0.15) is 5.10 Å². The van der Waals surface area contributed by atoms with Gasteiger partial charge in [0.05, 0.1) is 30.2 Å². The van der Waals surface area contributed by atoms with Gasteiger partial charge in [0, 0.05) is 43.5 Å². The third-order valence-electron chi connectivity index (χ3n) is 3.72. The molecule has 0 spiro atoms. The zero-order chi connectivity index (χ0) is 18.9. The van der Waals surface area contributed by atoms with Crippen LogP contribution in [0.5, 0.6) is 0 Å². The van der Waals surface area contributed by atoms with Crippen molar-refractivity contribution in [1.82, 2.24) is 24.1 Å². The fourth-order valence-electron chi connectivity index (χ4n) is 2.63. The predicted molar refractivity (Wildman–Crippen MR) is 92.6 cm³/mol. The van der Waals surface area contributed by atoms with E-state index in [1.54, 1.807) is 28.7 Å². The van der Waals surface area contributed by atoms with Crippen LogP contribution in [-0.4, -0.2) is 40.5 Å². The van der Waals surface area contributed by atoms with Crippen molar-refractivity contribution in [2.45, 2.75) is 6.54 Å². The van der Waals surface area contributed by atoms with Crippen LogP contribution in [0.3, 0.4) is 0 Å². The highest BCUT2D eigenvalue weighted by molar-refractivity contribution is 7.88. The topological polar surface area (TPSA) is 81.8 Å². The molecule has 0 saturated carbocycles. The Morgan fingerprint density at radius 1 is 1.27 bits per heavy atom. The molecule has 0 radical (unpaired) electrons. The molecular formula is C16H17F2N5O2S. The highest BCUT2D eigenvalue weighted by Gasteiger charge is 2.19. The Kier molecular flexibility index (Phi) is 4.88. The fraction of sp³-hybridized carbons (Fsp3) is 0.250. The van der Waals surface area contributed by atoms with E-state index < -0.39 is 21.7 Å². The van der Waals surface area contributed by atoms with Crippen LogP contribution in [-0.2, 0) is 23.6 Å². The molecule has 0 unspecified atom stereocenters. The van der Waals surface area contributed by atoms with Crippen molar-refractivity contribution < 1.29 is 17.2 Å². The van der Waals surface area contributed by atoms with Crippen LogP contribution >= 0.6 is 0 Å². The molecule has 3 aromatic rings. The summed E-state index contributed by atoms with van der Waals surface area (Å²) in [5.41, 5.74) is 1.73. The molecule has 0 saturated heterocycles. The summed E-state index contributed by atoms with van der Waals surface area (Å²) in [7, 11) is -1.58. The summed E-state index contributed by atoms with van der Waals surface area (Å²) in [6.07, 6.45) is 5.90. The minimum Gasteiger partial charge on any atom is -0.329 e. The van der Waals surface area contributed by atoms with E-state index in [1.165, 1.54) is 12.4 Å². The molecule has 0 aliphatic rings. The van der Waals surface area contributed by atoms with Crippen molar-refractivity contribution in [3.63, 3.8) is 0 Å². The molecule has 0 aliphatic carbocycles. The van der Waals surface area contributed by atoms with E-state index in [9.17, 15) is 17.2 Å². The monoisotopic (exact) mass is 381 g/mol. The molecule has 1 N–H and O–H groups in total. The van der Waals surface area contributed by atoms with Gasteiger partial charge in [0.15, 0.2) is 0 Å². The minimum absolute atomic E-state index is 0.147. The van der Waals surface area contributed by atoms with E-state index in [1.807, 2.05) is 0 Å². The van der Waals surface area contributed by atoms with Gasteiger partial charge in [-0.3, -0.25) is 4.68 Å². The van der Waals surface area contributed by atoms with Gasteiger partial charge in [-0.25, -0.2) is 26.9 Å². The summed E-state index contributed by atoms with van der Waals surface area (Å²) in [5.74, 6) is -1.40. The van der Waals surface area contributed by atoms with Gasteiger partial charge in [0.2, 0.25) is 10.0 Å². The van der Waals surface area contributed by atoms with Crippen LogP contribution in [0.2, 0.25) is 0 Å². The third-order valence-corrected chi connectivity index (χ3v) is 4.45.